The number of rotatable bonds is 5. The highest BCUT2D eigenvalue weighted by molar-refractivity contribution is 5.78. The van der Waals surface area contributed by atoms with Crippen LogP contribution in [0.2, 0.25) is 0 Å². The zero-order chi connectivity index (χ0) is 14.4. The van der Waals surface area contributed by atoms with E-state index in [-0.39, 0.29) is 5.91 Å². The first kappa shape index (κ1) is 15.0. The predicted octanol–water partition coefficient (Wildman–Crippen LogP) is 1.78. The van der Waals surface area contributed by atoms with Gasteiger partial charge >= 0.3 is 0 Å². The van der Waals surface area contributed by atoms with Crippen molar-refractivity contribution in [2.75, 3.05) is 26.7 Å². The summed E-state index contributed by atoms with van der Waals surface area (Å²) in [5.74, 6) is 0.988. The summed E-state index contributed by atoms with van der Waals surface area (Å²) >= 11 is 0. The van der Waals surface area contributed by atoms with Gasteiger partial charge in [0, 0.05) is 19.3 Å². The lowest BCUT2D eigenvalue weighted by atomic mass is 9.93. The number of piperidine rings is 1. The highest BCUT2D eigenvalue weighted by Gasteiger charge is 2.22. The average Bonchev–Trinajstić information content (AvgIpc) is 2.48. The van der Waals surface area contributed by atoms with E-state index in [1.165, 1.54) is 6.42 Å². The van der Waals surface area contributed by atoms with Gasteiger partial charge in [0.25, 0.3) is 0 Å². The Morgan fingerprint density at radius 1 is 1.45 bits per heavy atom. The van der Waals surface area contributed by atoms with Gasteiger partial charge in [0.15, 0.2) is 0 Å². The molecule has 1 fully saturated rings. The molecule has 2 heterocycles. The van der Waals surface area contributed by atoms with E-state index in [1.807, 2.05) is 31.0 Å². The monoisotopic (exact) mass is 275 g/mol. The summed E-state index contributed by atoms with van der Waals surface area (Å²) in [5, 5.41) is 3.20. The summed E-state index contributed by atoms with van der Waals surface area (Å²) in [7, 11) is 1.99. The Kier molecular flexibility index (Phi) is 5.53. The van der Waals surface area contributed by atoms with Gasteiger partial charge in [0.1, 0.15) is 0 Å². The molecule has 0 spiro atoms. The number of aryl methyl sites for hydroxylation is 1. The zero-order valence-electron chi connectivity index (χ0n) is 12.6. The van der Waals surface area contributed by atoms with Gasteiger partial charge in [-0.1, -0.05) is 6.07 Å². The molecule has 1 aromatic heterocycles. The van der Waals surface area contributed by atoms with Gasteiger partial charge in [-0.05, 0) is 57.3 Å². The highest BCUT2D eigenvalue weighted by Crippen LogP contribution is 2.20. The minimum absolute atomic E-state index is 0.221. The number of aromatic nitrogens is 1. The first-order valence-electron chi connectivity index (χ1n) is 7.53. The molecule has 0 bridgehead atoms. The third kappa shape index (κ3) is 4.04. The Morgan fingerprint density at radius 3 is 2.85 bits per heavy atom. The Balaban J connectivity index is 1.82. The molecule has 1 saturated heterocycles. The van der Waals surface area contributed by atoms with Gasteiger partial charge in [-0.2, -0.15) is 0 Å². The Hall–Kier alpha value is -1.42. The predicted molar refractivity (Wildman–Crippen MR) is 80.5 cm³/mol. The van der Waals surface area contributed by atoms with Crippen LogP contribution in [0.4, 0.5) is 0 Å². The summed E-state index contributed by atoms with van der Waals surface area (Å²) in [5.41, 5.74) is 2.01. The smallest absolute Gasteiger partial charge is 0.228 e. The number of likely N-dealkylation sites (tertiary alicyclic amines) is 1. The first-order chi connectivity index (χ1) is 9.70. The summed E-state index contributed by atoms with van der Waals surface area (Å²) < 4.78 is 0. The van der Waals surface area contributed by atoms with Gasteiger partial charge in [-0.25, -0.2) is 0 Å². The fourth-order valence-electron chi connectivity index (χ4n) is 2.78. The van der Waals surface area contributed by atoms with Gasteiger partial charge in [0.05, 0.1) is 12.1 Å². The number of hydrogen-bond acceptors (Lipinski definition) is 3. The Bertz CT molecular complexity index is 439. The van der Waals surface area contributed by atoms with Gasteiger partial charge in [0.2, 0.25) is 5.91 Å². The van der Waals surface area contributed by atoms with E-state index in [1.54, 1.807) is 6.20 Å². The number of nitrogens with zero attached hydrogens (tertiary/aromatic N) is 2. The molecule has 0 radical (unpaired) electrons. The second kappa shape index (κ2) is 7.39. The minimum atomic E-state index is 0.221. The number of nitrogens with one attached hydrogen (secondary N) is 1. The van der Waals surface area contributed by atoms with Crippen molar-refractivity contribution in [3.63, 3.8) is 0 Å². The molecule has 110 valence electrons. The van der Waals surface area contributed by atoms with Crippen molar-refractivity contribution in [1.82, 2.24) is 15.2 Å². The highest BCUT2D eigenvalue weighted by atomic mass is 16.2. The molecule has 1 aliphatic heterocycles. The normalized spacial score (nSPS) is 16.4. The quantitative estimate of drug-likeness (QED) is 0.891. The van der Waals surface area contributed by atoms with Crippen molar-refractivity contribution in [2.45, 2.75) is 32.6 Å². The lowest BCUT2D eigenvalue weighted by Gasteiger charge is -2.32. The molecule has 0 saturated carbocycles. The molecule has 2 rings (SSSR count). The Morgan fingerprint density at radius 2 is 2.20 bits per heavy atom. The van der Waals surface area contributed by atoms with Gasteiger partial charge < -0.3 is 10.2 Å². The molecule has 0 unspecified atom stereocenters. The molecule has 1 aromatic rings. The fourth-order valence-corrected chi connectivity index (χ4v) is 2.78. The van der Waals surface area contributed by atoms with E-state index in [9.17, 15) is 4.79 Å². The molecule has 4 nitrogen and oxygen atoms in total. The van der Waals surface area contributed by atoms with E-state index in [2.05, 4.69) is 10.3 Å². The van der Waals surface area contributed by atoms with Crippen LogP contribution in [-0.2, 0) is 11.2 Å². The maximum absolute atomic E-state index is 12.3. The maximum Gasteiger partial charge on any atom is 0.228 e. The molecular formula is C16H25N3O. The lowest BCUT2D eigenvalue weighted by Crippen LogP contribution is -2.39. The SMILES string of the molecule is CNCCC1CCN(C(=O)Cc2ncccc2C)CC1. The van der Waals surface area contributed by atoms with E-state index in [4.69, 9.17) is 0 Å². The van der Waals surface area contributed by atoms with E-state index in [0.29, 0.717) is 6.42 Å². The van der Waals surface area contributed by atoms with Crippen molar-refractivity contribution < 1.29 is 4.79 Å². The van der Waals surface area contributed by atoms with Gasteiger partial charge in [-0.15, -0.1) is 0 Å². The van der Waals surface area contributed by atoms with Crippen LogP contribution in [0, 0.1) is 12.8 Å². The second-order valence-electron chi connectivity index (χ2n) is 5.66. The fraction of sp³-hybridized carbons (Fsp3) is 0.625. The summed E-state index contributed by atoms with van der Waals surface area (Å²) in [6.45, 7) is 4.89. The van der Waals surface area contributed by atoms with Crippen LogP contribution in [0.25, 0.3) is 0 Å². The standard InChI is InChI=1S/C16H25N3O/c1-13-4-3-8-18-15(13)12-16(20)19-10-6-14(7-11-19)5-9-17-2/h3-4,8,14,17H,5-7,9-12H2,1-2H3. The largest absolute Gasteiger partial charge is 0.342 e. The number of carbonyl (C=O) groups is 1. The van der Waals surface area contributed by atoms with Crippen LogP contribution in [0.1, 0.15) is 30.5 Å². The van der Waals surface area contributed by atoms with Crippen molar-refractivity contribution in [3.05, 3.63) is 29.6 Å². The maximum atomic E-state index is 12.3. The average molecular weight is 275 g/mol. The lowest BCUT2D eigenvalue weighted by molar-refractivity contribution is -0.131. The minimum Gasteiger partial charge on any atom is -0.342 e. The molecule has 0 atom stereocenters. The van der Waals surface area contributed by atoms with Gasteiger partial charge in [-0.3, -0.25) is 9.78 Å². The Labute approximate surface area is 121 Å². The van der Waals surface area contributed by atoms with Crippen molar-refractivity contribution in [3.8, 4) is 0 Å². The zero-order valence-corrected chi connectivity index (χ0v) is 12.6. The van der Waals surface area contributed by atoms with Crippen LogP contribution in [0.5, 0.6) is 0 Å². The topological polar surface area (TPSA) is 45.2 Å². The van der Waals surface area contributed by atoms with Crippen LogP contribution < -0.4 is 5.32 Å². The molecule has 1 amide bonds. The summed E-state index contributed by atoms with van der Waals surface area (Å²) in [4.78, 5) is 18.6. The van der Waals surface area contributed by atoms with Crippen LogP contribution in [-0.4, -0.2) is 42.5 Å². The van der Waals surface area contributed by atoms with Crippen LogP contribution in [0.3, 0.4) is 0 Å². The first-order valence-corrected chi connectivity index (χ1v) is 7.53. The summed E-state index contributed by atoms with van der Waals surface area (Å²) in [6.07, 6.45) is 5.69. The number of pyridine rings is 1. The van der Waals surface area contributed by atoms with E-state index >= 15 is 0 Å². The molecule has 0 aliphatic carbocycles. The van der Waals surface area contributed by atoms with E-state index < -0.39 is 0 Å². The molecule has 1 N–H and O–H groups in total. The molecular weight excluding hydrogens is 250 g/mol. The number of amides is 1. The molecule has 20 heavy (non-hydrogen) atoms. The third-order valence-corrected chi connectivity index (χ3v) is 4.21. The van der Waals surface area contributed by atoms with E-state index in [0.717, 1.165) is 49.7 Å². The molecule has 0 aromatic carbocycles. The van der Waals surface area contributed by atoms with Crippen molar-refractivity contribution in [2.24, 2.45) is 5.92 Å². The second-order valence-corrected chi connectivity index (χ2v) is 5.66. The molecule has 1 aliphatic rings. The van der Waals surface area contributed by atoms with Crippen molar-refractivity contribution in [1.29, 1.82) is 0 Å². The van der Waals surface area contributed by atoms with Crippen molar-refractivity contribution >= 4 is 5.91 Å². The van der Waals surface area contributed by atoms with Crippen LogP contribution >= 0.6 is 0 Å². The summed E-state index contributed by atoms with van der Waals surface area (Å²) in [6, 6.07) is 3.93. The van der Waals surface area contributed by atoms with Crippen LogP contribution in [0.15, 0.2) is 18.3 Å². The number of carbonyl (C=O) groups excluding carboxylic acids is 1. The molecule has 4 heteroatoms. The third-order valence-electron chi connectivity index (χ3n) is 4.21. The number of hydrogen-bond donors (Lipinski definition) is 1.